The first kappa shape index (κ1) is 21.9. The van der Waals surface area contributed by atoms with Crippen LogP contribution in [-0.4, -0.2) is 42.3 Å². The van der Waals surface area contributed by atoms with Crippen LogP contribution in [0.5, 0.6) is 0 Å². The minimum atomic E-state index is -0.569. The zero-order valence-corrected chi connectivity index (χ0v) is 18.3. The van der Waals surface area contributed by atoms with E-state index in [9.17, 15) is 9.59 Å². The molecule has 3 rings (SSSR count). The van der Waals surface area contributed by atoms with Crippen LogP contribution in [0, 0.1) is 5.92 Å². The SMILES string of the molecule is CCOC(=O)[C@H]1CN(C(=O)OC(C)(C)C)CC[C@@H]1c1ccc(-c2ccccc2)cc1. The lowest BCUT2D eigenvalue weighted by Crippen LogP contribution is -2.47. The minimum Gasteiger partial charge on any atom is -0.466 e. The third-order valence-electron chi connectivity index (χ3n) is 5.30. The Bertz CT molecular complexity index is 855. The molecule has 1 saturated heterocycles. The summed E-state index contributed by atoms with van der Waals surface area (Å²) in [6.07, 6.45) is 0.308. The normalized spacial score (nSPS) is 19.3. The van der Waals surface area contributed by atoms with Crippen LogP contribution in [0.4, 0.5) is 4.79 Å². The number of hydrogen-bond acceptors (Lipinski definition) is 4. The lowest BCUT2D eigenvalue weighted by atomic mass is 9.80. The van der Waals surface area contributed by atoms with Gasteiger partial charge in [-0.2, -0.15) is 0 Å². The highest BCUT2D eigenvalue weighted by atomic mass is 16.6. The third-order valence-corrected chi connectivity index (χ3v) is 5.30. The zero-order chi connectivity index (χ0) is 21.7. The van der Waals surface area contributed by atoms with Crippen molar-refractivity contribution in [3.8, 4) is 11.1 Å². The molecule has 1 fully saturated rings. The Kier molecular flexibility index (Phi) is 6.80. The Morgan fingerprint density at radius 1 is 1.00 bits per heavy atom. The molecule has 160 valence electrons. The van der Waals surface area contributed by atoms with E-state index < -0.39 is 11.5 Å². The van der Waals surface area contributed by atoms with E-state index in [-0.39, 0.29) is 18.0 Å². The highest BCUT2D eigenvalue weighted by Crippen LogP contribution is 2.35. The van der Waals surface area contributed by atoms with Gasteiger partial charge in [0.1, 0.15) is 5.60 Å². The van der Waals surface area contributed by atoms with Crippen LogP contribution in [-0.2, 0) is 14.3 Å². The van der Waals surface area contributed by atoms with Crippen molar-refractivity contribution in [2.24, 2.45) is 5.92 Å². The van der Waals surface area contributed by atoms with E-state index in [4.69, 9.17) is 9.47 Å². The second kappa shape index (κ2) is 9.33. The van der Waals surface area contributed by atoms with Crippen LogP contribution in [0.3, 0.4) is 0 Å². The fraction of sp³-hybridized carbons (Fsp3) is 0.440. The van der Waals surface area contributed by atoms with Crippen LogP contribution < -0.4 is 0 Å². The van der Waals surface area contributed by atoms with Gasteiger partial charge in [-0.05, 0) is 50.8 Å². The van der Waals surface area contributed by atoms with Gasteiger partial charge in [-0.15, -0.1) is 0 Å². The van der Waals surface area contributed by atoms with Crippen molar-refractivity contribution < 1.29 is 19.1 Å². The second-order valence-corrected chi connectivity index (χ2v) is 8.67. The van der Waals surface area contributed by atoms with Crippen LogP contribution in [0.15, 0.2) is 54.6 Å². The molecule has 1 amide bonds. The van der Waals surface area contributed by atoms with E-state index in [1.807, 2.05) is 39.0 Å². The Morgan fingerprint density at radius 3 is 2.23 bits per heavy atom. The molecule has 0 radical (unpaired) electrons. The molecule has 2 aromatic carbocycles. The number of ether oxygens (including phenoxy) is 2. The Hall–Kier alpha value is -2.82. The molecule has 2 aromatic rings. The summed E-state index contributed by atoms with van der Waals surface area (Å²) in [5.41, 5.74) is 2.82. The molecule has 2 atom stereocenters. The van der Waals surface area contributed by atoms with Crippen molar-refractivity contribution in [3.63, 3.8) is 0 Å². The molecule has 0 aliphatic carbocycles. The summed E-state index contributed by atoms with van der Waals surface area (Å²) in [6.45, 7) is 8.50. The first-order valence-corrected chi connectivity index (χ1v) is 10.6. The summed E-state index contributed by atoms with van der Waals surface area (Å²) >= 11 is 0. The number of hydrogen-bond donors (Lipinski definition) is 0. The van der Waals surface area contributed by atoms with Crippen LogP contribution in [0.2, 0.25) is 0 Å². The molecule has 0 spiro atoms. The number of piperidine rings is 1. The number of carbonyl (C=O) groups is 2. The van der Waals surface area contributed by atoms with Crippen molar-refractivity contribution in [2.45, 2.75) is 45.6 Å². The number of rotatable bonds is 4. The summed E-state index contributed by atoms with van der Waals surface area (Å²) in [6, 6.07) is 18.6. The van der Waals surface area contributed by atoms with Gasteiger partial charge in [0, 0.05) is 19.0 Å². The number of nitrogens with zero attached hydrogens (tertiary/aromatic N) is 1. The summed E-state index contributed by atoms with van der Waals surface area (Å²) < 4.78 is 10.8. The third kappa shape index (κ3) is 5.41. The molecule has 0 bridgehead atoms. The first-order chi connectivity index (χ1) is 14.3. The Morgan fingerprint density at radius 2 is 1.63 bits per heavy atom. The smallest absolute Gasteiger partial charge is 0.410 e. The van der Waals surface area contributed by atoms with Gasteiger partial charge in [0.2, 0.25) is 0 Å². The van der Waals surface area contributed by atoms with E-state index in [0.717, 1.165) is 16.7 Å². The number of amides is 1. The van der Waals surface area contributed by atoms with Gasteiger partial charge < -0.3 is 14.4 Å². The molecule has 0 N–H and O–H groups in total. The average Bonchev–Trinajstić information content (AvgIpc) is 2.73. The fourth-order valence-electron chi connectivity index (χ4n) is 3.88. The Balaban J connectivity index is 1.79. The molecule has 30 heavy (non-hydrogen) atoms. The molecule has 1 aliphatic heterocycles. The van der Waals surface area contributed by atoms with Crippen molar-refractivity contribution in [3.05, 3.63) is 60.2 Å². The number of carbonyl (C=O) groups excluding carboxylic acids is 2. The molecule has 1 aliphatic rings. The van der Waals surface area contributed by atoms with Gasteiger partial charge in [-0.3, -0.25) is 4.79 Å². The summed E-state index contributed by atoms with van der Waals surface area (Å²) in [5.74, 6) is -0.663. The van der Waals surface area contributed by atoms with Crippen LogP contribution in [0.25, 0.3) is 11.1 Å². The molecule has 5 heteroatoms. The molecule has 1 heterocycles. The maximum atomic E-state index is 12.7. The number of likely N-dealkylation sites (tertiary alicyclic amines) is 1. The highest BCUT2D eigenvalue weighted by Gasteiger charge is 2.39. The molecular formula is C25H31NO4. The number of benzene rings is 2. The van der Waals surface area contributed by atoms with Gasteiger partial charge in [0.05, 0.1) is 12.5 Å². The van der Waals surface area contributed by atoms with E-state index in [1.54, 1.807) is 11.8 Å². The summed E-state index contributed by atoms with van der Waals surface area (Å²) in [7, 11) is 0. The minimum absolute atomic E-state index is 0.00700. The average molecular weight is 410 g/mol. The van der Waals surface area contributed by atoms with Crippen LogP contribution >= 0.6 is 0 Å². The summed E-state index contributed by atoms with van der Waals surface area (Å²) in [4.78, 5) is 26.9. The highest BCUT2D eigenvalue weighted by molar-refractivity contribution is 5.76. The molecule has 0 unspecified atom stereocenters. The molecular weight excluding hydrogens is 378 g/mol. The van der Waals surface area contributed by atoms with Crippen molar-refractivity contribution in [1.29, 1.82) is 0 Å². The van der Waals surface area contributed by atoms with E-state index in [0.29, 0.717) is 26.1 Å². The zero-order valence-electron chi connectivity index (χ0n) is 18.3. The Labute approximate surface area is 179 Å². The van der Waals surface area contributed by atoms with Gasteiger partial charge in [0.25, 0.3) is 0 Å². The van der Waals surface area contributed by atoms with Crippen molar-refractivity contribution >= 4 is 12.1 Å². The molecule has 0 saturated carbocycles. The fourth-order valence-corrected chi connectivity index (χ4v) is 3.88. The van der Waals surface area contributed by atoms with Gasteiger partial charge in [-0.25, -0.2) is 4.79 Å². The monoisotopic (exact) mass is 409 g/mol. The van der Waals surface area contributed by atoms with Gasteiger partial charge >= 0.3 is 12.1 Å². The summed E-state index contributed by atoms with van der Waals surface area (Å²) in [5, 5.41) is 0. The van der Waals surface area contributed by atoms with Gasteiger partial charge in [0.15, 0.2) is 0 Å². The maximum Gasteiger partial charge on any atom is 0.410 e. The topological polar surface area (TPSA) is 55.8 Å². The lowest BCUT2D eigenvalue weighted by Gasteiger charge is -2.38. The largest absolute Gasteiger partial charge is 0.466 e. The second-order valence-electron chi connectivity index (χ2n) is 8.67. The molecule has 5 nitrogen and oxygen atoms in total. The van der Waals surface area contributed by atoms with Crippen molar-refractivity contribution in [1.82, 2.24) is 4.90 Å². The van der Waals surface area contributed by atoms with Crippen molar-refractivity contribution in [2.75, 3.05) is 19.7 Å². The van der Waals surface area contributed by atoms with E-state index in [1.165, 1.54) is 0 Å². The maximum absolute atomic E-state index is 12.7. The van der Waals surface area contributed by atoms with E-state index in [2.05, 4.69) is 36.4 Å². The predicted molar refractivity (Wildman–Crippen MR) is 117 cm³/mol. The standard InChI is InChI=1S/C25H31NO4/c1-5-29-23(27)22-17-26(24(28)30-25(2,3)4)16-15-21(22)20-13-11-19(12-14-20)18-9-7-6-8-10-18/h6-14,21-22H,5,15-17H2,1-4H3/t21-,22+/m1/s1. The number of esters is 1. The predicted octanol–water partition coefficient (Wildman–Crippen LogP) is 5.26. The van der Waals surface area contributed by atoms with Crippen LogP contribution in [0.1, 0.15) is 45.6 Å². The lowest BCUT2D eigenvalue weighted by molar-refractivity contribution is -0.150. The van der Waals surface area contributed by atoms with E-state index >= 15 is 0 Å². The quantitative estimate of drug-likeness (QED) is 0.647. The van der Waals surface area contributed by atoms with Gasteiger partial charge in [-0.1, -0.05) is 54.6 Å². The first-order valence-electron chi connectivity index (χ1n) is 10.6. The molecule has 0 aromatic heterocycles.